The number of nitrogens with one attached hydrogen (secondary N) is 1. The van der Waals surface area contributed by atoms with Gasteiger partial charge in [0.2, 0.25) is 5.91 Å². The lowest BCUT2D eigenvalue weighted by molar-refractivity contribution is -0.116. The predicted octanol–water partition coefficient (Wildman–Crippen LogP) is 4.90. The highest BCUT2D eigenvalue weighted by molar-refractivity contribution is 6.30. The van der Waals surface area contributed by atoms with E-state index >= 15 is 0 Å². The van der Waals surface area contributed by atoms with Crippen LogP contribution in [0.25, 0.3) is 0 Å². The number of nitrogens with zero attached hydrogens (tertiary/aromatic N) is 1. The van der Waals surface area contributed by atoms with Crippen molar-refractivity contribution in [1.29, 1.82) is 0 Å². The molecule has 158 valence electrons. The third-order valence-electron chi connectivity index (χ3n) is 4.98. The minimum atomic E-state index is -0.408. The second kappa shape index (κ2) is 9.58. The van der Waals surface area contributed by atoms with Crippen molar-refractivity contribution in [2.75, 3.05) is 18.9 Å². The minimum Gasteiger partial charge on any atom is -0.332 e. The number of anilines is 1. The van der Waals surface area contributed by atoms with Crippen molar-refractivity contribution < 1.29 is 14.4 Å². The van der Waals surface area contributed by atoms with E-state index in [1.807, 2.05) is 32.0 Å². The maximum atomic E-state index is 13.0. The van der Waals surface area contributed by atoms with Gasteiger partial charge in [0.1, 0.15) is 0 Å². The minimum absolute atomic E-state index is 0.143. The number of rotatable bonds is 6. The molecular formula is C25H23ClN2O3. The van der Waals surface area contributed by atoms with Gasteiger partial charge in [0.25, 0.3) is 5.91 Å². The molecule has 3 aromatic carbocycles. The third-order valence-corrected chi connectivity index (χ3v) is 5.23. The normalized spacial score (nSPS) is 10.5. The first kappa shape index (κ1) is 22.2. The highest BCUT2D eigenvalue weighted by atomic mass is 35.5. The Morgan fingerprint density at radius 1 is 0.839 bits per heavy atom. The summed E-state index contributed by atoms with van der Waals surface area (Å²) < 4.78 is 0. The molecule has 0 unspecified atom stereocenters. The Kier molecular flexibility index (Phi) is 6.88. The van der Waals surface area contributed by atoms with Gasteiger partial charge in [-0.1, -0.05) is 48.0 Å². The number of likely N-dealkylation sites (N-methyl/N-ethyl adjacent to an activating group) is 1. The molecule has 6 heteroatoms. The topological polar surface area (TPSA) is 66.5 Å². The summed E-state index contributed by atoms with van der Waals surface area (Å²) in [6.45, 7) is 3.68. The first-order chi connectivity index (χ1) is 14.8. The number of para-hydroxylation sites is 1. The molecule has 0 bridgehead atoms. The van der Waals surface area contributed by atoms with Crippen molar-refractivity contribution in [2.24, 2.45) is 0 Å². The molecular weight excluding hydrogens is 412 g/mol. The van der Waals surface area contributed by atoms with Gasteiger partial charge in [-0.25, -0.2) is 0 Å². The van der Waals surface area contributed by atoms with E-state index in [-0.39, 0.29) is 29.4 Å². The molecule has 0 fully saturated rings. The lowest BCUT2D eigenvalue weighted by Crippen LogP contribution is -2.35. The summed E-state index contributed by atoms with van der Waals surface area (Å²) in [6.07, 6.45) is 0. The summed E-state index contributed by atoms with van der Waals surface area (Å²) >= 11 is 5.90. The molecule has 0 aliphatic rings. The van der Waals surface area contributed by atoms with Gasteiger partial charge in [0.15, 0.2) is 5.78 Å². The van der Waals surface area contributed by atoms with Gasteiger partial charge >= 0.3 is 0 Å². The van der Waals surface area contributed by atoms with Gasteiger partial charge in [0, 0.05) is 28.9 Å². The number of carbonyl (C=O) groups excluding carboxylic acids is 3. The molecule has 3 aromatic rings. The second-order valence-electron chi connectivity index (χ2n) is 7.36. The molecule has 0 spiro atoms. The van der Waals surface area contributed by atoms with Crippen LogP contribution in [0, 0.1) is 13.8 Å². The van der Waals surface area contributed by atoms with Crippen molar-refractivity contribution in [2.45, 2.75) is 13.8 Å². The first-order valence-electron chi connectivity index (χ1n) is 9.78. The lowest BCUT2D eigenvalue weighted by atomic mass is 9.97. The number of halogens is 1. The largest absolute Gasteiger partial charge is 0.332 e. The van der Waals surface area contributed by atoms with Crippen LogP contribution in [0.1, 0.15) is 37.4 Å². The van der Waals surface area contributed by atoms with Crippen LogP contribution in [-0.4, -0.2) is 36.1 Å². The average Bonchev–Trinajstić information content (AvgIpc) is 2.76. The van der Waals surface area contributed by atoms with E-state index < -0.39 is 5.91 Å². The number of benzene rings is 3. The molecule has 0 saturated heterocycles. The van der Waals surface area contributed by atoms with Crippen molar-refractivity contribution in [3.8, 4) is 0 Å². The fourth-order valence-corrected chi connectivity index (χ4v) is 3.43. The van der Waals surface area contributed by atoms with Crippen LogP contribution in [-0.2, 0) is 4.79 Å². The maximum absolute atomic E-state index is 13.0. The SMILES string of the molecule is Cc1cccc(C)c1NC(=O)CN(C)C(=O)c1ccccc1C(=O)c1ccc(Cl)cc1. The van der Waals surface area contributed by atoms with Crippen molar-refractivity contribution in [3.63, 3.8) is 0 Å². The van der Waals surface area contributed by atoms with E-state index in [9.17, 15) is 14.4 Å². The lowest BCUT2D eigenvalue weighted by Gasteiger charge is -2.19. The number of amides is 2. The molecule has 31 heavy (non-hydrogen) atoms. The summed E-state index contributed by atoms with van der Waals surface area (Å²) in [7, 11) is 1.54. The standard InChI is InChI=1S/C25H23ClN2O3/c1-16-7-6-8-17(2)23(16)27-22(29)15-28(3)25(31)21-10-5-4-9-20(21)24(30)18-11-13-19(26)14-12-18/h4-14H,15H2,1-3H3,(H,27,29). The van der Waals surface area contributed by atoms with E-state index in [1.165, 1.54) is 11.9 Å². The first-order valence-corrected chi connectivity index (χ1v) is 10.2. The highest BCUT2D eigenvalue weighted by Gasteiger charge is 2.22. The summed E-state index contributed by atoms with van der Waals surface area (Å²) in [4.78, 5) is 39.9. The number of aryl methyl sites for hydroxylation is 2. The van der Waals surface area contributed by atoms with Crippen LogP contribution in [0.4, 0.5) is 5.69 Å². The summed E-state index contributed by atoms with van der Waals surface area (Å²) in [5.41, 5.74) is 3.58. The Bertz CT molecular complexity index is 1120. The van der Waals surface area contributed by atoms with Crippen LogP contribution in [0.3, 0.4) is 0 Å². The van der Waals surface area contributed by atoms with E-state index in [4.69, 9.17) is 11.6 Å². The van der Waals surface area contributed by atoms with Gasteiger partial charge in [-0.05, 0) is 55.3 Å². The zero-order chi connectivity index (χ0) is 22.5. The molecule has 0 radical (unpaired) electrons. The average molecular weight is 435 g/mol. The van der Waals surface area contributed by atoms with Crippen LogP contribution in [0.15, 0.2) is 66.7 Å². The van der Waals surface area contributed by atoms with E-state index in [0.717, 1.165) is 16.8 Å². The summed E-state index contributed by atoms with van der Waals surface area (Å²) in [6, 6.07) is 18.8. The van der Waals surface area contributed by atoms with Crippen molar-refractivity contribution in [1.82, 2.24) is 4.90 Å². The van der Waals surface area contributed by atoms with Crippen molar-refractivity contribution >= 4 is 34.9 Å². The highest BCUT2D eigenvalue weighted by Crippen LogP contribution is 2.20. The predicted molar refractivity (Wildman–Crippen MR) is 123 cm³/mol. The van der Waals surface area contributed by atoms with Gasteiger partial charge in [0.05, 0.1) is 12.1 Å². The Morgan fingerprint density at radius 2 is 1.42 bits per heavy atom. The van der Waals surface area contributed by atoms with Crippen molar-refractivity contribution in [3.05, 3.63) is 99.6 Å². The van der Waals surface area contributed by atoms with Gasteiger partial charge in [-0.2, -0.15) is 0 Å². The Balaban J connectivity index is 1.77. The van der Waals surface area contributed by atoms with Crippen LogP contribution in [0.5, 0.6) is 0 Å². The zero-order valence-electron chi connectivity index (χ0n) is 17.6. The molecule has 0 saturated carbocycles. The van der Waals surface area contributed by atoms with Gasteiger partial charge in [-0.15, -0.1) is 0 Å². The van der Waals surface area contributed by atoms with Crippen LogP contribution in [0.2, 0.25) is 5.02 Å². The molecule has 0 heterocycles. The fourth-order valence-electron chi connectivity index (χ4n) is 3.31. The number of ketones is 1. The zero-order valence-corrected chi connectivity index (χ0v) is 18.4. The number of hydrogen-bond acceptors (Lipinski definition) is 3. The Hall–Kier alpha value is -3.44. The maximum Gasteiger partial charge on any atom is 0.254 e. The molecule has 1 N–H and O–H groups in total. The quantitative estimate of drug-likeness (QED) is 0.561. The van der Waals surface area contributed by atoms with Crippen LogP contribution >= 0.6 is 11.6 Å². The van der Waals surface area contributed by atoms with E-state index in [2.05, 4.69) is 5.32 Å². The molecule has 0 atom stereocenters. The second-order valence-corrected chi connectivity index (χ2v) is 7.79. The fraction of sp³-hybridized carbons (Fsp3) is 0.160. The smallest absolute Gasteiger partial charge is 0.254 e. The molecule has 0 aliphatic carbocycles. The van der Waals surface area contributed by atoms with Gasteiger partial charge in [-0.3, -0.25) is 14.4 Å². The van der Waals surface area contributed by atoms with Crippen LogP contribution < -0.4 is 5.32 Å². The molecule has 0 aliphatic heterocycles. The van der Waals surface area contributed by atoms with E-state index in [1.54, 1.807) is 48.5 Å². The third kappa shape index (κ3) is 5.19. The van der Waals surface area contributed by atoms with Gasteiger partial charge < -0.3 is 10.2 Å². The molecule has 5 nitrogen and oxygen atoms in total. The summed E-state index contributed by atoms with van der Waals surface area (Å²) in [5.74, 6) is -1.00. The molecule has 2 amide bonds. The molecule has 0 aromatic heterocycles. The molecule has 3 rings (SSSR count). The number of hydrogen-bond donors (Lipinski definition) is 1. The monoisotopic (exact) mass is 434 g/mol. The number of carbonyl (C=O) groups is 3. The summed E-state index contributed by atoms with van der Waals surface area (Å²) in [5, 5.41) is 3.40. The Labute approximate surface area is 186 Å². The van der Waals surface area contributed by atoms with E-state index in [0.29, 0.717) is 10.6 Å². The Morgan fingerprint density at radius 3 is 2.03 bits per heavy atom.